The maximum Gasteiger partial charge on any atom is 0.315 e. The Labute approximate surface area is 201 Å². The molecule has 32 heavy (non-hydrogen) atoms. The molecule has 186 valence electrons. The average Bonchev–Trinajstić information content (AvgIpc) is 3.33. The fourth-order valence-electron chi connectivity index (χ4n) is 4.81. The van der Waals surface area contributed by atoms with Gasteiger partial charge in [-0.2, -0.15) is 11.8 Å². The molecule has 0 aromatic carbocycles. The minimum absolute atomic E-state index is 0.0302. The van der Waals surface area contributed by atoms with Gasteiger partial charge in [-0.25, -0.2) is 4.79 Å². The van der Waals surface area contributed by atoms with Crippen LogP contribution < -0.4 is 10.6 Å². The highest BCUT2D eigenvalue weighted by molar-refractivity contribution is 8.00. The lowest BCUT2D eigenvalue weighted by Gasteiger charge is -2.16. The average molecular weight is 469 g/mol. The predicted molar refractivity (Wildman–Crippen MR) is 135 cm³/mol. The second-order valence-corrected chi connectivity index (χ2v) is 11.0. The fraction of sp³-hybridized carbons (Fsp3) is 0.923. The number of fused-ring (bicyclic) bond motifs is 1. The van der Waals surface area contributed by atoms with Gasteiger partial charge in [-0.1, -0.05) is 96.8 Å². The van der Waals surface area contributed by atoms with Gasteiger partial charge in [0, 0.05) is 17.4 Å². The molecule has 0 unspecified atom stereocenters. The first-order chi connectivity index (χ1) is 15.7. The van der Waals surface area contributed by atoms with Crippen LogP contribution in [0, 0.1) is 0 Å². The molecular weight excluding hydrogens is 420 g/mol. The van der Waals surface area contributed by atoms with Crippen LogP contribution in [0.3, 0.4) is 0 Å². The Hall–Kier alpha value is -0.910. The van der Waals surface area contributed by atoms with E-state index < -0.39 is 0 Å². The highest BCUT2D eigenvalue weighted by atomic mass is 32.2. The zero-order chi connectivity index (χ0) is 22.9. The second kappa shape index (κ2) is 17.6. The molecule has 0 bridgehead atoms. The number of rotatable bonds is 20. The van der Waals surface area contributed by atoms with E-state index >= 15 is 0 Å². The molecule has 2 aliphatic heterocycles. The van der Waals surface area contributed by atoms with Gasteiger partial charge in [0.1, 0.15) is 0 Å². The molecule has 0 saturated carbocycles. The van der Waals surface area contributed by atoms with Gasteiger partial charge in [0.25, 0.3) is 0 Å². The Morgan fingerprint density at radius 2 is 1.44 bits per heavy atom. The number of nitrogens with one attached hydrogen (secondary N) is 2. The molecule has 0 aromatic rings. The molecule has 2 fully saturated rings. The Kier molecular flexibility index (Phi) is 15.0. The zero-order valence-corrected chi connectivity index (χ0v) is 21.3. The molecule has 2 rings (SSSR count). The number of hydrogen-bond acceptors (Lipinski definition) is 4. The van der Waals surface area contributed by atoms with Gasteiger partial charge in [0.2, 0.25) is 0 Å². The summed E-state index contributed by atoms with van der Waals surface area (Å²) in [7, 11) is 0. The number of hydrogen-bond donors (Lipinski definition) is 2. The van der Waals surface area contributed by atoms with E-state index in [0.717, 1.165) is 31.4 Å². The number of thioether (sulfide) groups is 1. The normalized spacial score (nSPS) is 21.9. The molecule has 2 saturated heterocycles. The first-order valence-corrected chi connectivity index (χ1v) is 14.6. The summed E-state index contributed by atoms with van der Waals surface area (Å²) in [5.74, 6) is 0.947. The van der Waals surface area contributed by atoms with Crippen molar-refractivity contribution in [2.75, 3.05) is 12.4 Å². The Morgan fingerprint density at radius 1 is 0.844 bits per heavy atom. The van der Waals surface area contributed by atoms with Crippen molar-refractivity contribution in [3.8, 4) is 0 Å². The van der Waals surface area contributed by atoms with Crippen molar-refractivity contribution < 1.29 is 14.3 Å². The van der Waals surface area contributed by atoms with Crippen molar-refractivity contribution in [3.05, 3.63) is 0 Å². The summed E-state index contributed by atoms with van der Waals surface area (Å²) in [5, 5.41) is 6.47. The van der Waals surface area contributed by atoms with Crippen molar-refractivity contribution in [2.24, 2.45) is 0 Å². The molecule has 0 aromatic heterocycles. The molecule has 0 radical (unpaired) electrons. The summed E-state index contributed by atoms with van der Waals surface area (Å²) in [6.07, 6.45) is 22.2. The predicted octanol–water partition coefficient (Wildman–Crippen LogP) is 6.74. The van der Waals surface area contributed by atoms with Crippen LogP contribution in [0.1, 0.15) is 122 Å². The van der Waals surface area contributed by atoms with Crippen molar-refractivity contribution in [3.63, 3.8) is 0 Å². The minimum Gasteiger partial charge on any atom is -0.466 e. The lowest BCUT2D eigenvalue weighted by atomic mass is 10.0. The highest BCUT2D eigenvalue weighted by Gasteiger charge is 2.42. The van der Waals surface area contributed by atoms with Gasteiger partial charge in [0.15, 0.2) is 0 Å². The summed E-state index contributed by atoms with van der Waals surface area (Å²) < 4.78 is 5.39. The molecule has 2 amide bonds. The minimum atomic E-state index is -0.0486. The van der Waals surface area contributed by atoms with E-state index in [4.69, 9.17) is 4.74 Å². The monoisotopic (exact) mass is 468 g/mol. The maximum absolute atomic E-state index is 11.9. The number of ether oxygens (including phenoxy) is 1. The highest BCUT2D eigenvalue weighted by Crippen LogP contribution is 2.33. The Bertz CT molecular complexity index is 517. The number of esters is 1. The Morgan fingerprint density at radius 3 is 2.06 bits per heavy atom. The van der Waals surface area contributed by atoms with E-state index in [1.807, 2.05) is 11.8 Å². The van der Waals surface area contributed by atoms with Crippen LogP contribution >= 0.6 is 11.8 Å². The third kappa shape index (κ3) is 11.8. The summed E-state index contributed by atoms with van der Waals surface area (Å²) >= 11 is 1.93. The standard InChI is InChI=1S/C26H48N2O3S/c1-2-3-4-5-6-7-8-9-10-11-12-13-14-17-20-31-24(29)19-16-15-18-23-25-22(21-32-23)27-26(30)28-25/h22-23,25H,2-21H2,1H3,(H2,27,28,30)/t22-,23-,25-/m0/s1. The SMILES string of the molecule is CCCCCCCCCCCCCCCCOC(=O)CCCC[C@@H]1SC[C@@H]2NC(=O)N[C@@H]21. The van der Waals surface area contributed by atoms with E-state index in [1.165, 1.54) is 83.5 Å². The first-order valence-electron chi connectivity index (χ1n) is 13.5. The van der Waals surface area contributed by atoms with Crippen LogP contribution in [0.25, 0.3) is 0 Å². The molecule has 5 nitrogen and oxygen atoms in total. The van der Waals surface area contributed by atoms with Crippen molar-refractivity contribution in [2.45, 2.75) is 140 Å². The smallest absolute Gasteiger partial charge is 0.315 e. The molecule has 3 atom stereocenters. The van der Waals surface area contributed by atoms with Gasteiger partial charge >= 0.3 is 12.0 Å². The van der Waals surface area contributed by atoms with Crippen molar-refractivity contribution in [1.29, 1.82) is 0 Å². The zero-order valence-electron chi connectivity index (χ0n) is 20.5. The topological polar surface area (TPSA) is 67.4 Å². The van der Waals surface area contributed by atoms with Crippen LogP contribution in [0.2, 0.25) is 0 Å². The quantitative estimate of drug-likeness (QED) is 0.118. The van der Waals surface area contributed by atoms with Gasteiger partial charge in [-0.15, -0.1) is 0 Å². The number of amides is 2. The molecule has 2 heterocycles. The van der Waals surface area contributed by atoms with E-state index in [1.54, 1.807) is 0 Å². The largest absolute Gasteiger partial charge is 0.466 e. The van der Waals surface area contributed by atoms with E-state index in [-0.39, 0.29) is 24.1 Å². The number of carbonyl (C=O) groups is 2. The van der Waals surface area contributed by atoms with Gasteiger partial charge in [-0.3, -0.25) is 4.79 Å². The van der Waals surface area contributed by atoms with E-state index in [2.05, 4.69) is 17.6 Å². The molecular formula is C26H48N2O3S. The van der Waals surface area contributed by atoms with Crippen molar-refractivity contribution >= 4 is 23.8 Å². The van der Waals surface area contributed by atoms with Gasteiger partial charge < -0.3 is 15.4 Å². The van der Waals surface area contributed by atoms with Crippen LogP contribution in [-0.4, -0.2) is 41.7 Å². The fourth-order valence-corrected chi connectivity index (χ4v) is 6.36. The van der Waals surface area contributed by atoms with Crippen molar-refractivity contribution in [1.82, 2.24) is 10.6 Å². The van der Waals surface area contributed by atoms with Gasteiger partial charge in [0.05, 0.1) is 18.7 Å². The van der Waals surface area contributed by atoms with Crippen LogP contribution in [0.5, 0.6) is 0 Å². The number of unbranched alkanes of at least 4 members (excludes halogenated alkanes) is 14. The summed E-state index contributed by atoms with van der Waals surface area (Å²) in [4.78, 5) is 23.3. The number of carbonyl (C=O) groups excluding carboxylic acids is 2. The van der Waals surface area contributed by atoms with E-state index in [0.29, 0.717) is 18.3 Å². The van der Waals surface area contributed by atoms with Crippen LogP contribution in [-0.2, 0) is 9.53 Å². The molecule has 0 spiro atoms. The van der Waals surface area contributed by atoms with Gasteiger partial charge in [-0.05, 0) is 19.3 Å². The summed E-state index contributed by atoms with van der Waals surface area (Å²) in [6, 6.07) is 0.518. The lowest BCUT2D eigenvalue weighted by Crippen LogP contribution is -2.36. The Balaban J connectivity index is 1.28. The van der Waals surface area contributed by atoms with Crippen LogP contribution in [0.4, 0.5) is 4.79 Å². The number of urea groups is 1. The maximum atomic E-state index is 11.9. The summed E-state index contributed by atoms with van der Waals surface area (Å²) in [5.41, 5.74) is 0. The molecule has 0 aliphatic carbocycles. The first kappa shape index (κ1) is 27.3. The van der Waals surface area contributed by atoms with Crippen LogP contribution in [0.15, 0.2) is 0 Å². The molecule has 2 aliphatic rings. The summed E-state index contributed by atoms with van der Waals surface area (Å²) in [6.45, 7) is 2.86. The third-order valence-electron chi connectivity index (χ3n) is 6.82. The van der Waals surface area contributed by atoms with E-state index in [9.17, 15) is 9.59 Å². The second-order valence-electron chi connectivity index (χ2n) is 9.68. The molecule has 6 heteroatoms. The molecule has 2 N–H and O–H groups in total. The third-order valence-corrected chi connectivity index (χ3v) is 8.33. The lowest BCUT2D eigenvalue weighted by molar-refractivity contribution is -0.143.